The van der Waals surface area contributed by atoms with Crippen molar-refractivity contribution in [1.82, 2.24) is 15.0 Å². The quantitative estimate of drug-likeness (QED) is 0.360. The first-order valence-corrected chi connectivity index (χ1v) is 4.92. The fourth-order valence-electron chi connectivity index (χ4n) is 1.71. The molecule has 1 fully saturated rings. The standard InChI is InChI=1S/C8H13N3O6/c12-3-4-5(13)6(14)7(15)8(16,17-4)11-2-1-9-10-11/h1-2,4-7,12-16H,3H2/t4-,5-,6+,7-,8-/m1/s1. The van der Waals surface area contributed by atoms with Crippen LogP contribution in [-0.2, 0) is 10.6 Å². The molecule has 5 atom stereocenters. The van der Waals surface area contributed by atoms with Crippen molar-refractivity contribution in [2.24, 2.45) is 0 Å². The van der Waals surface area contributed by atoms with Crippen molar-refractivity contribution in [3.05, 3.63) is 12.4 Å². The van der Waals surface area contributed by atoms with Crippen molar-refractivity contribution in [2.45, 2.75) is 30.3 Å². The molecule has 1 aromatic heterocycles. The smallest absolute Gasteiger partial charge is 0.300 e. The lowest BCUT2D eigenvalue weighted by Gasteiger charge is -2.44. The Hall–Kier alpha value is -1.10. The van der Waals surface area contributed by atoms with Crippen LogP contribution in [-0.4, -0.2) is 71.5 Å². The highest BCUT2D eigenvalue weighted by molar-refractivity contribution is 4.93. The molecule has 1 aliphatic rings. The highest BCUT2D eigenvalue weighted by atomic mass is 16.7. The van der Waals surface area contributed by atoms with E-state index in [1.54, 1.807) is 0 Å². The van der Waals surface area contributed by atoms with Crippen LogP contribution in [0, 0.1) is 0 Å². The maximum Gasteiger partial charge on any atom is 0.300 e. The molecule has 0 radical (unpaired) electrons. The summed E-state index contributed by atoms with van der Waals surface area (Å²) < 4.78 is 5.76. The summed E-state index contributed by atoms with van der Waals surface area (Å²) in [5.41, 5.74) is 0. The van der Waals surface area contributed by atoms with Crippen LogP contribution >= 0.6 is 0 Å². The molecule has 1 saturated heterocycles. The molecule has 1 aromatic rings. The van der Waals surface area contributed by atoms with E-state index in [1.165, 1.54) is 12.4 Å². The van der Waals surface area contributed by atoms with Gasteiger partial charge in [-0.15, -0.1) is 5.10 Å². The van der Waals surface area contributed by atoms with Gasteiger partial charge in [-0.05, 0) is 0 Å². The first-order valence-electron chi connectivity index (χ1n) is 4.92. The van der Waals surface area contributed by atoms with Crippen LogP contribution in [0.5, 0.6) is 0 Å². The van der Waals surface area contributed by atoms with Gasteiger partial charge in [-0.3, -0.25) is 0 Å². The SMILES string of the molecule is OC[C@H]1O[C@@](O)(n2ccnn2)[C@H](O)[C@@H](O)[C@@H]1O. The van der Waals surface area contributed by atoms with Gasteiger partial charge in [0.2, 0.25) is 0 Å². The second-order valence-corrected chi connectivity index (χ2v) is 3.77. The number of aromatic nitrogens is 3. The molecule has 2 heterocycles. The third kappa shape index (κ3) is 1.82. The van der Waals surface area contributed by atoms with Crippen molar-refractivity contribution in [2.75, 3.05) is 6.61 Å². The van der Waals surface area contributed by atoms with E-state index in [0.29, 0.717) is 0 Å². The normalized spacial score (nSPS) is 42.6. The molecule has 0 amide bonds. The first kappa shape index (κ1) is 12.4. The van der Waals surface area contributed by atoms with Crippen molar-refractivity contribution in [3.63, 3.8) is 0 Å². The molecule has 1 aliphatic heterocycles. The van der Waals surface area contributed by atoms with Gasteiger partial charge in [-0.1, -0.05) is 5.21 Å². The topological polar surface area (TPSA) is 141 Å². The second-order valence-electron chi connectivity index (χ2n) is 3.77. The number of rotatable bonds is 2. The molecule has 5 N–H and O–H groups in total. The molecule has 0 aromatic carbocycles. The van der Waals surface area contributed by atoms with Gasteiger partial charge in [-0.2, -0.15) is 4.68 Å². The zero-order valence-corrected chi connectivity index (χ0v) is 8.66. The van der Waals surface area contributed by atoms with E-state index in [9.17, 15) is 20.4 Å². The Labute approximate surface area is 95.5 Å². The summed E-state index contributed by atoms with van der Waals surface area (Å²) in [7, 11) is 0. The Balaban J connectivity index is 2.34. The van der Waals surface area contributed by atoms with Crippen LogP contribution in [0.4, 0.5) is 0 Å². The minimum Gasteiger partial charge on any atom is -0.394 e. The molecule has 0 bridgehead atoms. The number of aliphatic hydroxyl groups excluding tert-OH is 4. The van der Waals surface area contributed by atoms with Gasteiger partial charge < -0.3 is 30.3 Å². The van der Waals surface area contributed by atoms with Crippen LogP contribution in [0.25, 0.3) is 0 Å². The second kappa shape index (κ2) is 4.29. The van der Waals surface area contributed by atoms with Gasteiger partial charge in [0.15, 0.2) is 6.10 Å². The Morgan fingerprint density at radius 1 is 1.29 bits per heavy atom. The summed E-state index contributed by atoms with van der Waals surface area (Å²) in [6, 6.07) is 0. The molecular formula is C8H13N3O6. The first-order chi connectivity index (χ1) is 8.00. The summed E-state index contributed by atoms with van der Waals surface area (Å²) in [5.74, 6) is -2.39. The van der Waals surface area contributed by atoms with Crippen LogP contribution in [0.3, 0.4) is 0 Å². The molecule has 0 aliphatic carbocycles. The zero-order chi connectivity index (χ0) is 12.6. The largest absolute Gasteiger partial charge is 0.394 e. The van der Waals surface area contributed by atoms with Crippen LogP contribution in [0.2, 0.25) is 0 Å². The van der Waals surface area contributed by atoms with E-state index in [4.69, 9.17) is 9.84 Å². The lowest BCUT2D eigenvalue weighted by Crippen LogP contribution is -2.65. The highest BCUT2D eigenvalue weighted by Crippen LogP contribution is 2.31. The van der Waals surface area contributed by atoms with E-state index < -0.39 is 36.9 Å². The molecule has 0 unspecified atom stereocenters. The minimum absolute atomic E-state index is 0.637. The van der Waals surface area contributed by atoms with E-state index in [-0.39, 0.29) is 0 Å². The Bertz CT molecular complexity index is 371. The monoisotopic (exact) mass is 247 g/mol. The summed E-state index contributed by atoms with van der Waals surface area (Å²) in [6.07, 6.45) is -3.83. The van der Waals surface area contributed by atoms with Gasteiger partial charge in [0.25, 0.3) is 5.91 Å². The number of aliphatic hydroxyl groups is 5. The van der Waals surface area contributed by atoms with Crippen LogP contribution in [0.1, 0.15) is 0 Å². The molecule has 9 nitrogen and oxygen atoms in total. The summed E-state index contributed by atoms with van der Waals surface area (Å²) in [4.78, 5) is 0. The molecular weight excluding hydrogens is 234 g/mol. The summed E-state index contributed by atoms with van der Waals surface area (Å²) >= 11 is 0. The Morgan fingerprint density at radius 3 is 2.53 bits per heavy atom. The van der Waals surface area contributed by atoms with Crippen LogP contribution < -0.4 is 0 Å². The molecule has 0 saturated carbocycles. The molecule has 17 heavy (non-hydrogen) atoms. The molecule has 0 spiro atoms. The number of ether oxygens (including phenoxy) is 1. The minimum atomic E-state index is -2.39. The predicted molar refractivity (Wildman–Crippen MR) is 50.2 cm³/mol. The lowest BCUT2D eigenvalue weighted by molar-refractivity contribution is -0.395. The third-order valence-electron chi connectivity index (χ3n) is 2.70. The Morgan fingerprint density at radius 2 is 2.00 bits per heavy atom. The number of hydrogen-bond acceptors (Lipinski definition) is 8. The molecule has 2 rings (SSSR count). The van der Waals surface area contributed by atoms with E-state index in [1.807, 2.05) is 0 Å². The van der Waals surface area contributed by atoms with Gasteiger partial charge in [0, 0.05) is 0 Å². The predicted octanol–water partition coefficient (Wildman–Crippen LogP) is -3.65. The summed E-state index contributed by atoms with van der Waals surface area (Å²) in [5, 5.41) is 54.7. The van der Waals surface area contributed by atoms with Crippen LogP contribution in [0.15, 0.2) is 12.4 Å². The molecule has 9 heteroatoms. The van der Waals surface area contributed by atoms with Crippen molar-refractivity contribution in [3.8, 4) is 0 Å². The fourth-order valence-corrected chi connectivity index (χ4v) is 1.71. The Kier molecular flexibility index (Phi) is 3.12. The number of hydrogen-bond donors (Lipinski definition) is 5. The van der Waals surface area contributed by atoms with E-state index in [0.717, 1.165) is 4.68 Å². The average Bonchev–Trinajstić information content (AvgIpc) is 2.85. The maximum absolute atomic E-state index is 10.1. The zero-order valence-electron chi connectivity index (χ0n) is 8.66. The third-order valence-corrected chi connectivity index (χ3v) is 2.70. The molecule has 96 valence electrons. The van der Waals surface area contributed by atoms with Crippen molar-refractivity contribution >= 4 is 0 Å². The fraction of sp³-hybridized carbons (Fsp3) is 0.750. The number of nitrogens with zero attached hydrogens (tertiary/aromatic N) is 3. The van der Waals surface area contributed by atoms with Gasteiger partial charge in [0.05, 0.1) is 19.0 Å². The van der Waals surface area contributed by atoms with E-state index >= 15 is 0 Å². The maximum atomic E-state index is 10.1. The van der Waals surface area contributed by atoms with Crippen molar-refractivity contribution in [1.29, 1.82) is 0 Å². The summed E-state index contributed by atoms with van der Waals surface area (Å²) in [6.45, 7) is -0.637. The van der Waals surface area contributed by atoms with Gasteiger partial charge in [-0.25, -0.2) is 0 Å². The lowest BCUT2D eigenvalue weighted by atomic mass is 9.97. The highest BCUT2D eigenvalue weighted by Gasteiger charge is 2.54. The van der Waals surface area contributed by atoms with Gasteiger partial charge >= 0.3 is 0 Å². The van der Waals surface area contributed by atoms with Crippen molar-refractivity contribution < 1.29 is 30.3 Å². The van der Waals surface area contributed by atoms with E-state index in [2.05, 4.69) is 10.3 Å². The van der Waals surface area contributed by atoms with Gasteiger partial charge in [0.1, 0.15) is 18.3 Å². The average molecular weight is 247 g/mol.